The van der Waals surface area contributed by atoms with E-state index in [-0.39, 0.29) is 0 Å². The standard InChI is InChI=1S/C16H23N3/c1-12(2)19-11-18-15-10-13(6-7-16(15)19)9-14-5-3-4-8-17-14/h6-7,10-12,14,17H,3-5,8-9H2,1-2H3. The molecular formula is C16H23N3. The van der Waals surface area contributed by atoms with Crippen molar-refractivity contribution in [1.82, 2.24) is 14.9 Å². The maximum Gasteiger partial charge on any atom is 0.0960 e. The summed E-state index contributed by atoms with van der Waals surface area (Å²) in [4.78, 5) is 4.54. The molecule has 1 aliphatic heterocycles. The number of hydrogen-bond donors (Lipinski definition) is 1. The normalized spacial score (nSPS) is 20.3. The lowest BCUT2D eigenvalue weighted by atomic mass is 9.97. The SMILES string of the molecule is CC(C)n1cnc2cc(CC3CCCCN3)ccc21. The van der Waals surface area contributed by atoms with E-state index in [1.165, 1.54) is 36.9 Å². The van der Waals surface area contributed by atoms with Gasteiger partial charge in [0.25, 0.3) is 0 Å². The first kappa shape index (κ1) is 12.7. The molecule has 3 heteroatoms. The molecule has 2 heterocycles. The summed E-state index contributed by atoms with van der Waals surface area (Å²) in [6.07, 6.45) is 7.08. The van der Waals surface area contributed by atoms with Crippen molar-refractivity contribution < 1.29 is 0 Å². The fourth-order valence-electron chi connectivity index (χ4n) is 3.00. The predicted octanol–water partition coefficient (Wildman–Crippen LogP) is 3.30. The second-order valence-corrected chi connectivity index (χ2v) is 5.92. The Kier molecular flexibility index (Phi) is 3.56. The zero-order valence-electron chi connectivity index (χ0n) is 11.9. The molecule has 1 atom stereocenters. The van der Waals surface area contributed by atoms with Crippen LogP contribution in [0.25, 0.3) is 11.0 Å². The van der Waals surface area contributed by atoms with Gasteiger partial charge in [-0.15, -0.1) is 0 Å². The number of aromatic nitrogens is 2. The van der Waals surface area contributed by atoms with E-state index in [0.717, 1.165) is 11.9 Å². The second-order valence-electron chi connectivity index (χ2n) is 5.92. The Morgan fingerprint density at radius 2 is 2.26 bits per heavy atom. The van der Waals surface area contributed by atoms with Crippen LogP contribution in [0, 0.1) is 0 Å². The van der Waals surface area contributed by atoms with E-state index in [0.29, 0.717) is 12.1 Å². The maximum atomic E-state index is 4.54. The van der Waals surface area contributed by atoms with Crippen LogP contribution in [0.15, 0.2) is 24.5 Å². The lowest BCUT2D eigenvalue weighted by Gasteiger charge is -2.23. The van der Waals surface area contributed by atoms with Gasteiger partial charge >= 0.3 is 0 Å². The highest BCUT2D eigenvalue weighted by molar-refractivity contribution is 5.76. The average molecular weight is 257 g/mol. The van der Waals surface area contributed by atoms with E-state index in [9.17, 15) is 0 Å². The molecule has 3 nitrogen and oxygen atoms in total. The first-order valence-electron chi connectivity index (χ1n) is 7.43. The summed E-state index contributed by atoms with van der Waals surface area (Å²) < 4.78 is 2.23. The van der Waals surface area contributed by atoms with Crippen LogP contribution in [0.2, 0.25) is 0 Å². The summed E-state index contributed by atoms with van der Waals surface area (Å²) in [6, 6.07) is 7.86. The first-order chi connectivity index (χ1) is 9.24. The maximum absolute atomic E-state index is 4.54. The van der Waals surface area contributed by atoms with Gasteiger partial charge in [-0.25, -0.2) is 4.98 Å². The number of imidazole rings is 1. The van der Waals surface area contributed by atoms with Crippen molar-refractivity contribution in [3.8, 4) is 0 Å². The Labute approximate surface area is 115 Å². The predicted molar refractivity (Wildman–Crippen MR) is 79.5 cm³/mol. The summed E-state index contributed by atoms with van der Waals surface area (Å²) in [6.45, 7) is 5.57. The zero-order chi connectivity index (χ0) is 13.2. The molecule has 1 aromatic heterocycles. The fourth-order valence-corrected chi connectivity index (χ4v) is 3.00. The van der Waals surface area contributed by atoms with Crippen molar-refractivity contribution in [3.05, 3.63) is 30.1 Å². The van der Waals surface area contributed by atoms with E-state index in [1.54, 1.807) is 0 Å². The summed E-state index contributed by atoms with van der Waals surface area (Å²) >= 11 is 0. The second kappa shape index (κ2) is 5.33. The zero-order valence-corrected chi connectivity index (χ0v) is 11.9. The van der Waals surface area contributed by atoms with Gasteiger partial charge in [-0.05, 0) is 57.4 Å². The molecule has 2 aromatic rings. The molecule has 0 radical (unpaired) electrons. The molecule has 1 saturated heterocycles. The Morgan fingerprint density at radius 1 is 1.37 bits per heavy atom. The van der Waals surface area contributed by atoms with Crippen LogP contribution in [0.5, 0.6) is 0 Å². The van der Waals surface area contributed by atoms with Gasteiger partial charge in [0.2, 0.25) is 0 Å². The third kappa shape index (κ3) is 2.66. The van der Waals surface area contributed by atoms with E-state index < -0.39 is 0 Å². The van der Waals surface area contributed by atoms with Gasteiger partial charge in [-0.3, -0.25) is 0 Å². The van der Waals surface area contributed by atoms with Crippen LogP contribution >= 0.6 is 0 Å². The van der Waals surface area contributed by atoms with E-state index >= 15 is 0 Å². The van der Waals surface area contributed by atoms with Gasteiger partial charge in [0.1, 0.15) is 0 Å². The summed E-state index contributed by atoms with van der Waals surface area (Å²) in [5, 5.41) is 3.61. The van der Waals surface area contributed by atoms with Crippen LogP contribution < -0.4 is 5.32 Å². The number of benzene rings is 1. The molecule has 1 fully saturated rings. The number of nitrogens with zero attached hydrogens (tertiary/aromatic N) is 2. The van der Waals surface area contributed by atoms with Crippen molar-refractivity contribution in [3.63, 3.8) is 0 Å². The van der Waals surface area contributed by atoms with Crippen molar-refractivity contribution in [2.75, 3.05) is 6.54 Å². The quantitative estimate of drug-likeness (QED) is 0.914. The highest BCUT2D eigenvalue weighted by Crippen LogP contribution is 2.20. The molecule has 19 heavy (non-hydrogen) atoms. The molecule has 0 amide bonds. The van der Waals surface area contributed by atoms with Gasteiger partial charge < -0.3 is 9.88 Å². The Hall–Kier alpha value is -1.35. The highest BCUT2D eigenvalue weighted by Gasteiger charge is 2.14. The molecule has 0 spiro atoms. The molecule has 3 rings (SSSR count). The van der Waals surface area contributed by atoms with Gasteiger partial charge in [0, 0.05) is 12.1 Å². The Morgan fingerprint density at radius 3 is 3.00 bits per heavy atom. The van der Waals surface area contributed by atoms with Crippen molar-refractivity contribution in [2.24, 2.45) is 0 Å². The average Bonchev–Trinajstić information content (AvgIpc) is 2.83. The number of fused-ring (bicyclic) bond motifs is 1. The number of piperidine rings is 1. The Balaban J connectivity index is 1.81. The lowest BCUT2D eigenvalue weighted by Crippen LogP contribution is -2.35. The van der Waals surface area contributed by atoms with Gasteiger partial charge in [0.05, 0.1) is 17.4 Å². The molecule has 0 aliphatic carbocycles. The third-order valence-electron chi connectivity index (χ3n) is 4.09. The molecule has 1 aliphatic rings. The van der Waals surface area contributed by atoms with E-state index in [2.05, 4.69) is 46.9 Å². The van der Waals surface area contributed by atoms with Crippen LogP contribution in [-0.2, 0) is 6.42 Å². The van der Waals surface area contributed by atoms with Crippen LogP contribution in [0.4, 0.5) is 0 Å². The molecular weight excluding hydrogens is 234 g/mol. The van der Waals surface area contributed by atoms with Gasteiger partial charge in [0.15, 0.2) is 0 Å². The third-order valence-corrected chi connectivity index (χ3v) is 4.09. The minimum absolute atomic E-state index is 0.468. The van der Waals surface area contributed by atoms with Gasteiger partial charge in [-0.1, -0.05) is 12.5 Å². The van der Waals surface area contributed by atoms with Crippen LogP contribution in [0.3, 0.4) is 0 Å². The van der Waals surface area contributed by atoms with Crippen LogP contribution in [-0.4, -0.2) is 22.1 Å². The van der Waals surface area contributed by atoms with Crippen molar-refractivity contribution in [2.45, 2.75) is 51.6 Å². The minimum atomic E-state index is 0.468. The van der Waals surface area contributed by atoms with E-state index in [4.69, 9.17) is 0 Å². The number of hydrogen-bond acceptors (Lipinski definition) is 2. The summed E-state index contributed by atoms with van der Waals surface area (Å²) in [5.74, 6) is 0. The lowest BCUT2D eigenvalue weighted by molar-refractivity contribution is 0.399. The molecule has 0 saturated carbocycles. The summed E-state index contributed by atoms with van der Waals surface area (Å²) in [5.41, 5.74) is 3.78. The fraction of sp³-hybridized carbons (Fsp3) is 0.562. The molecule has 0 bridgehead atoms. The van der Waals surface area contributed by atoms with E-state index in [1.807, 2.05) is 6.33 Å². The van der Waals surface area contributed by atoms with Crippen molar-refractivity contribution >= 4 is 11.0 Å². The largest absolute Gasteiger partial charge is 0.328 e. The molecule has 102 valence electrons. The topological polar surface area (TPSA) is 29.9 Å². The van der Waals surface area contributed by atoms with Crippen molar-refractivity contribution in [1.29, 1.82) is 0 Å². The molecule has 1 unspecified atom stereocenters. The first-order valence-corrected chi connectivity index (χ1v) is 7.43. The molecule has 1 aromatic carbocycles. The van der Waals surface area contributed by atoms with Crippen LogP contribution in [0.1, 0.15) is 44.7 Å². The minimum Gasteiger partial charge on any atom is -0.328 e. The Bertz CT molecular complexity index is 550. The number of nitrogens with one attached hydrogen (secondary N) is 1. The molecule has 1 N–H and O–H groups in total. The smallest absolute Gasteiger partial charge is 0.0960 e. The number of rotatable bonds is 3. The monoisotopic (exact) mass is 257 g/mol. The summed E-state index contributed by atoms with van der Waals surface area (Å²) in [7, 11) is 0. The van der Waals surface area contributed by atoms with Gasteiger partial charge in [-0.2, -0.15) is 0 Å². The highest BCUT2D eigenvalue weighted by atomic mass is 15.1.